The van der Waals surface area contributed by atoms with Gasteiger partial charge in [0, 0.05) is 29.2 Å². The molecule has 8 heteroatoms. The quantitative estimate of drug-likeness (QED) is 0.553. The smallest absolute Gasteiger partial charge is 0.167 e. The fraction of sp³-hybridized carbons (Fsp3) is 0.300. The summed E-state index contributed by atoms with van der Waals surface area (Å²) in [6.45, 7) is 3.97. The first-order valence-corrected chi connectivity index (χ1v) is 8.31. The molecule has 0 unspecified atom stereocenters. The second-order valence-electron chi connectivity index (χ2n) is 6.30. The van der Waals surface area contributed by atoms with Gasteiger partial charge in [-0.15, -0.1) is 0 Å². The minimum Gasteiger partial charge on any atom is -0.507 e. The van der Waals surface area contributed by atoms with E-state index in [0.29, 0.717) is 0 Å². The van der Waals surface area contributed by atoms with E-state index in [1.165, 1.54) is 35.0 Å². The summed E-state index contributed by atoms with van der Waals surface area (Å²) in [5.74, 6) is -2.75. The van der Waals surface area contributed by atoms with Crippen molar-refractivity contribution in [1.82, 2.24) is 0 Å². The molecular weight excluding hydrogens is 368 g/mol. The van der Waals surface area contributed by atoms with Crippen LogP contribution in [0.2, 0.25) is 0 Å². The van der Waals surface area contributed by atoms with Gasteiger partial charge < -0.3 is 29.9 Å². The van der Waals surface area contributed by atoms with E-state index in [2.05, 4.69) is 0 Å². The number of rotatable bonds is 6. The Kier molecular flexibility index (Phi) is 5.72. The van der Waals surface area contributed by atoms with Gasteiger partial charge in [-0.3, -0.25) is 9.59 Å². The van der Waals surface area contributed by atoms with Crippen molar-refractivity contribution in [1.29, 1.82) is 0 Å². The highest BCUT2D eigenvalue weighted by atomic mass is 16.5. The normalized spacial score (nSPS) is 10.6. The Hall–Kier alpha value is -3.42. The molecule has 0 spiro atoms. The van der Waals surface area contributed by atoms with Crippen molar-refractivity contribution in [3.05, 3.63) is 33.9 Å². The second kappa shape index (κ2) is 7.67. The Labute approximate surface area is 161 Å². The van der Waals surface area contributed by atoms with Crippen molar-refractivity contribution in [3.8, 4) is 34.5 Å². The number of ether oxygens (including phenoxy) is 2. The van der Waals surface area contributed by atoms with E-state index in [-0.39, 0.29) is 51.5 Å². The lowest BCUT2D eigenvalue weighted by molar-refractivity contribution is 0.0998. The molecule has 0 aliphatic heterocycles. The first kappa shape index (κ1) is 20.9. The van der Waals surface area contributed by atoms with Crippen LogP contribution in [-0.4, -0.2) is 46.2 Å². The SMILES string of the molecule is COc1c(Cc2c(O)c(C)c(OC)c(C(C)=O)c2O)c(O)cc(O)c1C(C)=O. The molecule has 0 fully saturated rings. The summed E-state index contributed by atoms with van der Waals surface area (Å²) in [7, 11) is 2.56. The summed E-state index contributed by atoms with van der Waals surface area (Å²) in [5, 5.41) is 41.5. The monoisotopic (exact) mass is 390 g/mol. The minimum atomic E-state index is -0.508. The zero-order chi connectivity index (χ0) is 21.3. The van der Waals surface area contributed by atoms with Gasteiger partial charge in [-0.05, 0) is 20.8 Å². The van der Waals surface area contributed by atoms with E-state index in [0.717, 1.165) is 6.07 Å². The van der Waals surface area contributed by atoms with Crippen LogP contribution in [0, 0.1) is 6.92 Å². The molecule has 0 aliphatic carbocycles. The number of Topliss-reactive ketones (excluding diaryl/α,β-unsaturated/α-hetero) is 2. The van der Waals surface area contributed by atoms with Crippen molar-refractivity contribution in [2.24, 2.45) is 0 Å². The highest BCUT2D eigenvalue weighted by molar-refractivity contribution is 6.02. The zero-order valence-electron chi connectivity index (χ0n) is 16.2. The lowest BCUT2D eigenvalue weighted by Gasteiger charge is -2.20. The van der Waals surface area contributed by atoms with Crippen LogP contribution in [0.15, 0.2) is 6.07 Å². The van der Waals surface area contributed by atoms with Crippen LogP contribution >= 0.6 is 0 Å². The first-order valence-electron chi connectivity index (χ1n) is 8.31. The topological polar surface area (TPSA) is 134 Å². The molecule has 0 heterocycles. The maximum absolute atomic E-state index is 12.0. The third-order valence-corrected chi connectivity index (χ3v) is 4.54. The van der Waals surface area contributed by atoms with Gasteiger partial charge in [-0.2, -0.15) is 0 Å². The average molecular weight is 390 g/mol. The van der Waals surface area contributed by atoms with Crippen LogP contribution in [0.25, 0.3) is 0 Å². The molecule has 8 nitrogen and oxygen atoms in total. The summed E-state index contributed by atoms with van der Waals surface area (Å²) in [6, 6.07) is 0.977. The number of phenolic OH excluding ortho intramolecular Hbond substituents is 4. The lowest BCUT2D eigenvalue weighted by atomic mass is 9.92. The highest BCUT2D eigenvalue weighted by Gasteiger charge is 2.28. The number of phenols is 4. The third kappa shape index (κ3) is 3.28. The molecule has 0 amide bonds. The molecular formula is C20H22O8. The Morgan fingerprint density at radius 1 is 0.821 bits per heavy atom. The Morgan fingerprint density at radius 3 is 1.82 bits per heavy atom. The van der Waals surface area contributed by atoms with Gasteiger partial charge in [0.05, 0.1) is 14.2 Å². The van der Waals surface area contributed by atoms with Crippen LogP contribution in [-0.2, 0) is 6.42 Å². The van der Waals surface area contributed by atoms with Gasteiger partial charge in [-0.1, -0.05) is 0 Å². The molecule has 0 aliphatic rings. The van der Waals surface area contributed by atoms with Crippen molar-refractivity contribution in [2.75, 3.05) is 14.2 Å². The molecule has 2 aromatic rings. The molecule has 0 aromatic heterocycles. The Balaban J connectivity index is 2.82. The number of ketones is 2. The van der Waals surface area contributed by atoms with Gasteiger partial charge in [0.1, 0.15) is 45.6 Å². The minimum absolute atomic E-state index is 0.0394. The molecule has 28 heavy (non-hydrogen) atoms. The zero-order valence-corrected chi connectivity index (χ0v) is 16.2. The summed E-state index contributed by atoms with van der Waals surface area (Å²) in [6.07, 6.45) is -0.279. The number of carbonyl (C=O) groups excluding carboxylic acids is 2. The molecule has 2 aromatic carbocycles. The molecule has 0 atom stereocenters. The number of carbonyl (C=O) groups is 2. The second-order valence-corrected chi connectivity index (χ2v) is 6.30. The van der Waals surface area contributed by atoms with Crippen LogP contribution in [0.1, 0.15) is 51.3 Å². The maximum atomic E-state index is 12.0. The maximum Gasteiger partial charge on any atom is 0.167 e. The largest absolute Gasteiger partial charge is 0.507 e. The van der Waals surface area contributed by atoms with Crippen molar-refractivity contribution in [2.45, 2.75) is 27.2 Å². The van der Waals surface area contributed by atoms with Crippen molar-refractivity contribution in [3.63, 3.8) is 0 Å². The van der Waals surface area contributed by atoms with Gasteiger partial charge in [0.25, 0.3) is 0 Å². The van der Waals surface area contributed by atoms with Crippen molar-refractivity contribution >= 4 is 11.6 Å². The molecule has 4 N–H and O–H groups in total. The average Bonchev–Trinajstić information content (AvgIpc) is 2.61. The fourth-order valence-corrected chi connectivity index (χ4v) is 3.23. The van der Waals surface area contributed by atoms with E-state index < -0.39 is 28.8 Å². The molecule has 0 bridgehead atoms. The number of aromatic hydroxyl groups is 4. The van der Waals surface area contributed by atoms with E-state index >= 15 is 0 Å². The van der Waals surface area contributed by atoms with Gasteiger partial charge >= 0.3 is 0 Å². The van der Waals surface area contributed by atoms with E-state index in [1.54, 1.807) is 0 Å². The van der Waals surface area contributed by atoms with E-state index in [1.807, 2.05) is 0 Å². The Morgan fingerprint density at radius 2 is 1.36 bits per heavy atom. The first-order chi connectivity index (χ1) is 13.1. The van der Waals surface area contributed by atoms with E-state index in [9.17, 15) is 30.0 Å². The lowest BCUT2D eigenvalue weighted by Crippen LogP contribution is -2.06. The fourth-order valence-electron chi connectivity index (χ4n) is 3.23. The highest BCUT2D eigenvalue weighted by Crippen LogP contribution is 2.46. The number of methoxy groups -OCH3 is 2. The predicted octanol–water partition coefficient (Wildman–Crippen LogP) is 2.83. The van der Waals surface area contributed by atoms with Crippen LogP contribution in [0.3, 0.4) is 0 Å². The van der Waals surface area contributed by atoms with Crippen LogP contribution < -0.4 is 9.47 Å². The van der Waals surface area contributed by atoms with Gasteiger partial charge in [-0.25, -0.2) is 0 Å². The molecule has 0 saturated heterocycles. The summed E-state index contributed by atoms with van der Waals surface area (Å²) in [5.41, 5.74) is -0.0416. The van der Waals surface area contributed by atoms with Crippen LogP contribution in [0.4, 0.5) is 0 Å². The predicted molar refractivity (Wildman–Crippen MR) is 100 cm³/mol. The summed E-state index contributed by atoms with van der Waals surface area (Å²) >= 11 is 0. The number of benzene rings is 2. The molecule has 2 rings (SSSR count). The molecule has 150 valence electrons. The van der Waals surface area contributed by atoms with Gasteiger partial charge in [0.2, 0.25) is 0 Å². The van der Waals surface area contributed by atoms with Crippen LogP contribution in [0.5, 0.6) is 34.5 Å². The summed E-state index contributed by atoms with van der Waals surface area (Å²) in [4.78, 5) is 23.9. The Bertz CT molecular complexity index is 975. The number of hydrogen-bond acceptors (Lipinski definition) is 8. The third-order valence-electron chi connectivity index (χ3n) is 4.54. The van der Waals surface area contributed by atoms with E-state index in [4.69, 9.17) is 9.47 Å². The molecule has 0 saturated carbocycles. The summed E-state index contributed by atoms with van der Waals surface area (Å²) < 4.78 is 10.4. The standard InChI is InChI=1S/C20H22O8/c1-8-17(25)12(18(26)16(10(3)22)19(8)27-4)6-11-13(23)7-14(24)15(9(2)21)20(11)28-5/h7,23-26H,6H2,1-5H3. The molecule has 0 radical (unpaired) electrons. The van der Waals surface area contributed by atoms with Crippen molar-refractivity contribution < 1.29 is 39.5 Å². The number of hydrogen-bond donors (Lipinski definition) is 4. The van der Waals surface area contributed by atoms with Gasteiger partial charge in [0.15, 0.2) is 11.6 Å².